The molecule has 0 saturated heterocycles. The average molecular weight is 520 g/mol. The number of carbonyl (C=O) groups is 1. The summed E-state index contributed by atoms with van der Waals surface area (Å²) in [6.45, 7) is 1.74. The molecule has 3 aromatic carbocycles. The van der Waals surface area contributed by atoms with Crippen LogP contribution in [0.3, 0.4) is 0 Å². The summed E-state index contributed by atoms with van der Waals surface area (Å²) in [5.41, 5.74) is 1.66. The van der Waals surface area contributed by atoms with Crippen molar-refractivity contribution >= 4 is 39.1 Å². The van der Waals surface area contributed by atoms with Crippen LogP contribution in [-0.2, 0) is 6.54 Å². The molecule has 1 atom stereocenters. The van der Waals surface area contributed by atoms with Crippen molar-refractivity contribution in [1.29, 1.82) is 0 Å². The molecule has 0 saturated carbocycles. The van der Waals surface area contributed by atoms with Gasteiger partial charge < -0.3 is 9.64 Å². The van der Waals surface area contributed by atoms with Gasteiger partial charge in [0.25, 0.3) is 11.6 Å². The summed E-state index contributed by atoms with van der Waals surface area (Å²) in [6.07, 6.45) is 0. The lowest BCUT2D eigenvalue weighted by molar-refractivity contribution is -0.386. The highest BCUT2D eigenvalue weighted by molar-refractivity contribution is 9.10. The number of ether oxygens (including phenoxy) is 1. The molecule has 0 spiro atoms. The minimum atomic E-state index is -0.921. The molecule has 0 bridgehead atoms. The molecule has 3 aromatic rings. The first-order chi connectivity index (χ1) is 15.2. The summed E-state index contributed by atoms with van der Waals surface area (Å²) in [6, 6.07) is 11.6. The maximum absolute atomic E-state index is 14.2. The number of carbonyl (C=O) groups excluding carboxylic acids is 1. The normalized spacial score (nSPS) is 15.1. The number of nitro benzene ring substituents is 1. The lowest BCUT2D eigenvalue weighted by Gasteiger charge is -2.27. The van der Waals surface area contributed by atoms with Gasteiger partial charge in [0, 0.05) is 27.2 Å². The molecule has 0 N–H and O–H groups in total. The minimum absolute atomic E-state index is 0.142. The van der Waals surface area contributed by atoms with Crippen LogP contribution in [0.15, 0.2) is 53.0 Å². The molecule has 0 fully saturated rings. The lowest BCUT2D eigenvalue weighted by Crippen LogP contribution is -2.28. The topological polar surface area (TPSA) is 72.7 Å². The zero-order chi connectivity index (χ0) is 23.2. The predicted molar refractivity (Wildman–Crippen MR) is 122 cm³/mol. The first-order valence-electron chi connectivity index (χ1n) is 9.59. The number of methoxy groups -OCH3 is 1. The molecule has 1 aliphatic heterocycles. The van der Waals surface area contributed by atoms with Gasteiger partial charge in [-0.3, -0.25) is 14.9 Å². The molecule has 0 radical (unpaired) electrons. The summed E-state index contributed by atoms with van der Waals surface area (Å²) >= 11 is 9.73. The summed E-state index contributed by atoms with van der Waals surface area (Å²) in [5, 5.41) is 12.3. The van der Waals surface area contributed by atoms with E-state index in [0.717, 1.165) is 5.56 Å². The molecule has 164 valence electrons. The van der Waals surface area contributed by atoms with Crippen molar-refractivity contribution in [2.24, 2.45) is 0 Å². The van der Waals surface area contributed by atoms with Gasteiger partial charge in [-0.1, -0.05) is 39.7 Å². The second-order valence-electron chi connectivity index (χ2n) is 7.40. The van der Waals surface area contributed by atoms with Crippen molar-refractivity contribution in [2.75, 3.05) is 7.11 Å². The smallest absolute Gasteiger partial charge is 0.279 e. The molecule has 1 amide bonds. The maximum atomic E-state index is 14.2. The first-order valence-corrected chi connectivity index (χ1v) is 10.8. The van der Waals surface area contributed by atoms with Crippen LogP contribution in [0.5, 0.6) is 5.75 Å². The van der Waals surface area contributed by atoms with E-state index in [1.807, 2.05) is 0 Å². The minimum Gasteiger partial charge on any atom is -0.497 e. The van der Waals surface area contributed by atoms with E-state index < -0.39 is 22.7 Å². The second kappa shape index (κ2) is 8.52. The Balaban J connectivity index is 1.94. The van der Waals surface area contributed by atoms with Gasteiger partial charge in [0.2, 0.25) is 0 Å². The molecular formula is C23H17BrClFN2O4. The number of rotatable bonds is 5. The SMILES string of the molecule is COc1ccc(CN2C(=O)c3cc(Br)c(C)c([N+](=O)[O-])c3C2c2cc(F)ccc2Cl)cc1. The van der Waals surface area contributed by atoms with Gasteiger partial charge in [-0.05, 0) is 48.9 Å². The Morgan fingerprint density at radius 1 is 1.22 bits per heavy atom. The third kappa shape index (κ3) is 3.73. The number of hydrogen-bond donors (Lipinski definition) is 0. The summed E-state index contributed by atoms with van der Waals surface area (Å²) < 4.78 is 19.8. The Kier molecular flexibility index (Phi) is 5.92. The van der Waals surface area contributed by atoms with Gasteiger partial charge >= 0.3 is 0 Å². The van der Waals surface area contributed by atoms with Crippen molar-refractivity contribution in [2.45, 2.75) is 19.5 Å². The molecule has 32 heavy (non-hydrogen) atoms. The van der Waals surface area contributed by atoms with Gasteiger partial charge in [0.15, 0.2) is 0 Å². The number of nitrogens with zero attached hydrogens (tertiary/aromatic N) is 2. The average Bonchev–Trinajstić information content (AvgIpc) is 3.02. The van der Waals surface area contributed by atoms with Crippen LogP contribution in [0.2, 0.25) is 5.02 Å². The fourth-order valence-corrected chi connectivity index (χ4v) is 4.65. The van der Waals surface area contributed by atoms with Gasteiger partial charge in [0.1, 0.15) is 11.6 Å². The number of hydrogen-bond acceptors (Lipinski definition) is 4. The highest BCUT2D eigenvalue weighted by atomic mass is 79.9. The van der Waals surface area contributed by atoms with E-state index in [2.05, 4.69) is 15.9 Å². The van der Waals surface area contributed by atoms with Crippen LogP contribution >= 0.6 is 27.5 Å². The van der Waals surface area contributed by atoms with Gasteiger partial charge in [-0.2, -0.15) is 0 Å². The predicted octanol–water partition coefficient (Wildman–Crippen LogP) is 6.21. The highest BCUT2D eigenvalue weighted by Crippen LogP contribution is 2.48. The van der Waals surface area contributed by atoms with E-state index >= 15 is 0 Å². The van der Waals surface area contributed by atoms with E-state index in [9.17, 15) is 19.3 Å². The largest absolute Gasteiger partial charge is 0.497 e. The molecule has 1 aliphatic rings. The van der Waals surface area contributed by atoms with E-state index in [-0.39, 0.29) is 33.9 Å². The van der Waals surface area contributed by atoms with Crippen LogP contribution in [0.25, 0.3) is 0 Å². The number of amides is 1. The Morgan fingerprint density at radius 3 is 2.53 bits per heavy atom. The van der Waals surface area contributed by atoms with E-state index in [1.165, 1.54) is 23.1 Å². The van der Waals surface area contributed by atoms with Crippen LogP contribution < -0.4 is 4.74 Å². The van der Waals surface area contributed by atoms with E-state index in [1.54, 1.807) is 44.4 Å². The van der Waals surface area contributed by atoms with Crippen LogP contribution in [0.1, 0.15) is 38.7 Å². The van der Waals surface area contributed by atoms with E-state index in [4.69, 9.17) is 16.3 Å². The van der Waals surface area contributed by atoms with Crippen LogP contribution in [0, 0.1) is 22.9 Å². The molecule has 1 heterocycles. The van der Waals surface area contributed by atoms with Crippen LogP contribution in [0.4, 0.5) is 10.1 Å². The molecule has 9 heteroatoms. The number of benzene rings is 3. The lowest BCUT2D eigenvalue weighted by atomic mass is 9.93. The zero-order valence-electron chi connectivity index (χ0n) is 17.1. The second-order valence-corrected chi connectivity index (χ2v) is 8.66. The van der Waals surface area contributed by atoms with Gasteiger partial charge in [-0.15, -0.1) is 0 Å². The molecule has 4 rings (SSSR count). The molecule has 0 aromatic heterocycles. The highest BCUT2D eigenvalue weighted by Gasteiger charge is 2.45. The maximum Gasteiger partial charge on any atom is 0.279 e. The Hall–Kier alpha value is -2.97. The monoisotopic (exact) mass is 518 g/mol. The number of halogens is 3. The van der Waals surface area contributed by atoms with Crippen molar-refractivity contribution in [1.82, 2.24) is 4.90 Å². The molecule has 0 aliphatic carbocycles. The molecule has 6 nitrogen and oxygen atoms in total. The van der Waals surface area contributed by atoms with Crippen LogP contribution in [-0.4, -0.2) is 22.8 Å². The van der Waals surface area contributed by atoms with Gasteiger partial charge in [0.05, 0.1) is 29.2 Å². The standard InChI is InChI=1S/C23H17BrClFN2O4/c1-12-18(24)10-17-20(21(12)28(30)31)22(16-9-14(26)5-8-19(16)25)27(23(17)29)11-13-3-6-15(32-2)7-4-13/h3-10,22H,11H2,1-2H3. The van der Waals surface area contributed by atoms with Crippen molar-refractivity contribution in [3.05, 3.63) is 102 Å². The molecular weight excluding hydrogens is 503 g/mol. The number of fused-ring (bicyclic) bond motifs is 1. The Morgan fingerprint density at radius 2 is 1.91 bits per heavy atom. The van der Waals surface area contributed by atoms with Gasteiger partial charge in [-0.25, -0.2) is 4.39 Å². The zero-order valence-corrected chi connectivity index (χ0v) is 19.4. The summed E-state index contributed by atoms with van der Waals surface area (Å²) in [5.74, 6) is -0.291. The first kappa shape index (κ1) is 22.2. The van der Waals surface area contributed by atoms with Crippen molar-refractivity contribution in [3.8, 4) is 5.75 Å². The summed E-state index contributed by atoms with van der Waals surface area (Å²) in [4.78, 5) is 26.5. The Bertz CT molecular complexity index is 1250. The fourth-order valence-electron chi connectivity index (χ4n) is 4.01. The quantitative estimate of drug-likeness (QED) is 0.297. The summed E-state index contributed by atoms with van der Waals surface area (Å²) in [7, 11) is 1.55. The number of nitro groups is 1. The molecule has 1 unspecified atom stereocenters. The fraction of sp³-hybridized carbons (Fsp3) is 0.174. The Labute approximate surface area is 196 Å². The van der Waals surface area contributed by atoms with Crippen molar-refractivity contribution in [3.63, 3.8) is 0 Å². The third-order valence-electron chi connectivity index (χ3n) is 5.55. The van der Waals surface area contributed by atoms with Crippen molar-refractivity contribution < 1.29 is 18.8 Å². The third-order valence-corrected chi connectivity index (χ3v) is 6.72. The van der Waals surface area contributed by atoms with E-state index in [0.29, 0.717) is 15.8 Å².